The fourth-order valence-corrected chi connectivity index (χ4v) is 2.81. The molecule has 6 heteroatoms. The molecule has 2 aromatic carbocycles. The van der Waals surface area contributed by atoms with Crippen molar-refractivity contribution in [3.8, 4) is 0 Å². The minimum Gasteiger partial charge on any atom is -0.478 e. The number of hydrogen-bond acceptors (Lipinski definition) is 3. The first kappa shape index (κ1) is 15.6. The summed E-state index contributed by atoms with van der Waals surface area (Å²) in [7, 11) is 0. The van der Waals surface area contributed by atoms with E-state index in [4.69, 9.17) is 5.11 Å². The molecule has 0 aliphatic heterocycles. The average Bonchev–Trinajstić information content (AvgIpc) is 2.48. The number of carboxylic acids is 1. The van der Waals surface area contributed by atoms with Crippen LogP contribution in [0.4, 0.5) is 5.69 Å². The third kappa shape index (κ3) is 3.65. The lowest BCUT2D eigenvalue weighted by Gasteiger charge is -2.09. The topological polar surface area (TPSA) is 66.4 Å². The molecule has 0 fully saturated rings. The molecule has 0 spiro atoms. The molecule has 0 unspecified atom stereocenters. The minimum absolute atomic E-state index is 0.103. The molecular formula is C15H12BrNO3S. The van der Waals surface area contributed by atoms with Crippen LogP contribution in [-0.2, 0) is 0 Å². The van der Waals surface area contributed by atoms with Crippen LogP contribution in [0, 0.1) is 0 Å². The molecular weight excluding hydrogens is 354 g/mol. The zero-order chi connectivity index (χ0) is 15.4. The number of aromatic carboxylic acids is 1. The highest BCUT2D eigenvalue weighted by atomic mass is 79.9. The van der Waals surface area contributed by atoms with Crippen molar-refractivity contribution < 1.29 is 14.7 Å². The smallest absolute Gasteiger partial charge is 0.336 e. The van der Waals surface area contributed by atoms with E-state index in [0.29, 0.717) is 15.7 Å². The normalized spacial score (nSPS) is 10.2. The first-order valence-corrected chi connectivity index (χ1v) is 8.02. The van der Waals surface area contributed by atoms with Crippen LogP contribution in [0.2, 0.25) is 0 Å². The summed E-state index contributed by atoms with van der Waals surface area (Å²) in [6, 6.07) is 11.9. The second-order valence-electron chi connectivity index (χ2n) is 4.15. The van der Waals surface area contributed by atoms with Crippen LogP contribution in [0.25, 0.3) is 0 Å². The molecule has 2 aromatic rings. The number of nitrogens with one attached hydrogen (secondary N) is 1. The van der Waals surface area contributed by atoms with Crippen molar-refractivity contribution in [3.05, 3.63) is 58.1 Å². The van der Waals surface area contributed by atoms with Crippen molar-refractivity contribution >= 4 is 45.3 Å². The zero-order valence-corrected chi connectivity index (χ0v) is 13.5. The van der Waals surface area contributed by atoms with Gasteiger partial charge in [-0.15, -0.1) is 11.8 Å². The fourth-order valence-electron chi connectivity index (χ4n) is 1.80. The molecule has 0 saturated carbocycles. The summed E-state index contributed by atoms with van der Waals surface area (Å²) in [4.78, 5) is 24.2. The Morgan fingerprint density at radius 2 is 1.86 bits per heavy atom. The summed E-state index contributed by atoms with van der Waals surface area (Å²) < 4.78 is 0.470. The van der Waals surface area contributed by atoms with Crippen molar-refractivity contribution in [3.63, 3.8) is 0 Å². The third-order valence-corrected chi connectivity index (χ3v) is 4.29. The van der Waals surface area contributed by atoms with E-state index in [2.05, 4.69) is 21.2 Å². The number of amides is 1. The molecule has 0 saturated heterocycles. The monoisotopic (exact) mass is 365 g/mol. The number of anilines is 1. The predicted molar refractivity (Wildman–Crippen MR) is 87.3 cm³/mol. The van der Waals surface area contributed by atoms with Gasteiger partial charge in [-0.1, -0.05) is 12.1 Å². The van der Waals surface area contributed by atoms with Crippen LogP contribution in [0.3, 0.4) is 0 Å². The van der Waals surface area contributed by atoms with Crippen molar-refractivity contribution in [1.29, 1.82) is 0 Å². The summed E-state index contributed by atoms with van der Waals surface area (Å²) in [5.41, 5.74) is 1.10. The molecule has 2 N–H and O–H groups in total. The van der Waals surface area contributed by atoms with E-state index in [1.807, 2.05) is 18.4 Å². The van der Waals surface area contributed by atoms with E-state index in [9.17, 15) is 9.59 Å². The molecule has 108 valence electrons. The van der Waals surface area contributed by atoms with Crippen LogP contribution in [-0.4, -0.2) is 23.2 Å². The highest BCUT2D eigenvalue weighted by molar-refractivity contribution is 9.10. The van der Waals surface area contributed by atoms with Crippen molar-refractivity contribution in [2.45, 2.75) is 4.90 Å². The zero-order valence-electron chi connectivity index (χ0n) is 11.1. The van der Waals surface area contributed by atoms with Gasteiger partial charge >= 0.3 is 5.97 Å². The van der Waals surface area contributed by atoms with Gasteiger partial charge in [-0.25, -0.2) is 4.79 Å². The lowest BCUT2D eigenvalue weighted by Crippen LogP contribution is -2.13. The van der Waals surface area contributed by atoms with Gasteiger partial charge in [0.2, 0.25) is 0 Å². The highest BCUT2D eigenvalue weighted by Crippen LogP contribution is 2.24. The Kier molecular flexibility index (Phi) is 5.03. The molecule has 0 aliphatic carbocycles. The van der Waals surface area contributed by atoms with Crippen LogP contribution >= 0.6 is 27.7 Å². The van der Waals surface area contributed by atoms with Gasteiger partial charge < -0.3 is 10.4 Å². The summed E-state index contributed by atoms with van der Waals surface area (Å²) in [5.74, 6) is -1.32. The summed E-state index contributed by atoms with van der Waals surface area (Å²) in [5, 5.41) is 11.8. The number of thioether (sulfide) groups is 1. The molecule has 0 aromatic heterocycles. The van der Waals surface area contributed by atoms with Crippen LogP contribution in [0.1, 0.15) is 20.7 Å². The van der Waals surface area contributed by atoms with Gasteiger partial charge in [0, 0.05) is 15.1 Å². The lowest BCUT2D eigenvalue weighted by atomic mass is 10.1. The van der Waals surface area contributed by atoms with E-state index >= 15 is 0 Å². The largest absolute Gasteiger partial charge is 0.478 e. The molecule has 0 aliphatic rings. The van der Waals surface area contributed by atoms with Crippen molar-refractivity contribution in [1.82, 2.24) is 0 Å². The quantitative estimate of drug-likeness (QED) is 0.799. The minimum atomic E-state index is -1.05. The van der Waals surface area contributed by atoms with Gasteiger partial charge in [-0.05, 0) is 52.5 Å². The van der Waals surface area contributed by atoms with Crippen LogP contribution in [0.15, 0.2) is 51.8 Å². The van der Waals surface area contributed by atoms with Crippen molar-refractivity contribution in [2.24, 2.45) is 0 Å². The maximum atomic E-state index is 12.3. The summed E-state index contributed by atoms with van der Waals surface area (Å²) in [6.07, 6.45) is 1.90. The molecule has 0 bridgehead atoms. The fraction of sp³-hybridized carbons (Fsp3) is 0.0667. The highest BCUT2D eigenvalue weighted by Gasteiger charge is 2.13. The molecule has 0 atom stereocenters. The number of carbonyl (C=O) groups is 2. The van der Waals surface area contributed by atoms with E-state index in [0.717, 1.165) is 4.90 Å². The Bertz CT molecular complexity index is 703. The van der Waals surface area contributed by atoms with Gasteiger partial charge in [-0.2, -0.15) is 0 Å². The number of benzene rings is 2. The number of carboxylic acid groups (broad SMARTS) is 1. The Labute approximate surface area is 134 Å². The van der Waals surface area contributed by atoms with Gasteiger partial charge in [0.05, 0.1) is 11.1 Å². The maximum absolute atomic E-state index is 12.3. The van der Waals surface area contributed by atoms with Crippen molar-refractivity contribution in [2.75, 3.05) is 11.6 Å². The first-order valence-electron chi connectivity index (χ1n) is 6.00. The Balaban J connectivity index is 2.28. The van der Waals surface area contributed by atoms with E-state index in [-0.39, 0.29) is 11.5 Å². The van der Waals surface area contributed by atoms with Gasteiger partial charge in [-0.3, -0.25) is 4.79 Å². The second-order valence-corrected chi connectivity index (χ2v) is 5.86. The van der Waals surface area contributed by atoms with E-state index in [1.54, 1.807) is 24.3 Å². The van der Waals surface area contributed by atoms with E-state index < -0.39 is 5.97 Å². The summed E-state index contributed by atoms with van der Waals surface area (Å²) in [6.45, 7) is 0. The molecule has 1 amide bonds. The van der Waals surface area contributed by atoms with Gasteiger partial charge in [0.1, 0.15) is 0 Å². The number of carbonyl (C=O) groups excluding carboxylic acids is 1. The lowest BCUT2D eigenvalue weighted by molar-refractivity contribution is 0.0695. The second kappa shape index (κ2) is 6.78. The predicted octanol–water partition coefficient (Wildman–Crippen LogP) is 4.12. The van der Waals surface area contributed by atoms with E-state index in [1.165, 1.54) is 17.8 Å². The molecule has 2 rings (SSSR count). The SMILES string of the molecule is CSc1ccccc1C(=O)Nc1ccc(Br)c(C(=O)O)c1. The standard InChI is InChI=1S/C15H12BrNO3S/c1-21-13-5-3-2-4-10(13)14(18)17-9-6-7-12(16)11(8-9)15(19)20/h2-8H,1H3,(H,17,18)(H,19,20). The van der Waals surface area contributed by atoms with Gasteiger partial charge in [0.15, 0.2) is 0 Å². The average molecular weight is 366 g/mol. The number of halogens is 1. The molecule has 21 heavy (non-hydrogen) atoms. The molecule has 0 heterocycles. The Hall–Kier alpha value is -1.79. The maximum Gasteiger partial charge on any atom is 0.336 e. The summed E-state index contributed by atoms with van der Waals surface area (Å²) >= 11 is 4.65. The third-order valence-electron chi connectivity index (χ3n) is 2.81. The molecule has 4 nitrogen and oxygen atoms in total. The Morgan fingerprint density at radius 3 is 2.52 bits per heavy atom. The number of hydrogen-bond donors (Lipinski definition) is 2. The Morgan fingerprint density at radius 1 is 1.14 bits per heavy atom. The molecule has 0 radical (unpaired) electrons. The van der Waals surface area contributed by atoms with Crippen LogP contribution in [0.5, 0.6) is 0 Å². The van der Waals surface area contributed by atoms with Gasteiger partial charge in [0.25, 0.3) is 5.91 Å². The first-order chi connectivity index (χ1) is 10.0. The van der Waals surface area contributed by atoms with Crippen LogP contribution < -0.4 is 5.32 Å². The number of rotatable bonds is 4.